The maximum atomic E-state index is 12.7. The number of carbonyl (C=O) groups is 2. The molecule has 6 heteroatoms. The molecule has 0 radical (unpaired) electrons. The van der Waals surface area contributed by atoms with Crippen LogP contribution in [0.25, 0.3) is 0 Å². The first-order chi connectivity index (χ1) is 13.0. The number of piperidine rings is 1. The zero-order valence-electron chi connectivity index (χ0n) is 16.1. The molecule has 0 aliphatic carbocycles. The van der Waals surface area contributed by atoms with Gasteiger partial charge in [-0.2, -0.15) is 0 Å². The first kappa shape index (κ1) is 19.0. The van der Waals surface area contributed by atoms with Crippen LogP contribution in [0, 0.1) is 13.8 Å². The van der Waals surface area contributed by atoms with Gasteiger partial charge in [0.15, 0.2) is 0 Å². The summed E-state index contributed by atoms with van der Waals surface area (Å²) < 4.78 is 10.8. The number of hydrogen-bond donors (Lipinski definition) is 1. The number of hydrogen-bond acceptors (Lipinski definition) is 4. The molecule has 3 rings (SSSR count). The van der Waals surface area contributed by atoms with E-state index in [0.717, 1.165) is 24.4 Å². The Labute approximate surface area is 159 Å². The maximum Gasteiger partial charge on any atom is 0.255 e. The van der Waals surface area contributed by atoms with Crippen molar-refractivity contribution in [3.05, 3.63) is 53.0 Å². The summed E-state index contributed by atoms with van der Waals surface area (Å²) in [6.45, 7) is 7.40. The molecule has 0 unspecified atom stereocenters. The SMILES string of the molecule is CCOc1ccc(C(=O)N2CCC(NC(=O)c3cc(C)oc3C)CC2)cc1. The van der Waals surface area contributed by atoms with E-state index in [0.29, 0.717) is 36.6 Å². The fraction of sp³-hybridized carbons (Fsp3) is 0.429. The molecule has 1 saturated heterocycles. The molecular weight excluding hydrogens is 344 g/mol. The highest BCUT2D eigenvalue weighted by Gasteiger charge is 2.25. The van der Waals surface area contributed by atoms with Gasteiger partial charge >= 0.3 is 0 Å². The first-order valence-corrected chi connectivity index (χ1v) is 9.38. The minimum Gasteiger partial charge on any atom is -0.494 e. The standard InChI is InChI=1S/C21H26N2O4/c1-4-26-18-7-5-16(6-8-18)21(25)23-11-9-17(10-12-23)22-20(24)19-13-14(2)27-15(19)3/h5-8,13,17H,4,9-12H2,1-3H3,(H,22,24). The summed E-state index contributed by atoms with van der Waals surface area (Å²) in [5.74, 6) is 2.03. The normalized spacial score (nSPS) is 14.9. The molecule has 2 aromatic rings. The molecule has 1 aliphatic rings. The number of nitrogens with zero attached hydrogens (tertiary/aromatic N) is 1. The van der Waals surface area contributed by atoms with E-state index in [1.165, 1.54) is 0 Å². The van der Waals surface area contributed by atoms with Crippen molar-refractivity contribution in [2.75, 3.05) is 19.7 Å². The molecule has 0 saturated carbocycles. The van der Waals surface area contributed by atoms with Crippen LogP contribution in [0.4, 0.5) is 0 Å². The molecule has 0 spiro atoms. The number of benzene rings is 1. The summed E-state index contributed by atoms with van der Waals surface area (Å²) in [5, 5.41) is 3.06. The Hall–Kier alpha value is -2.76. The molecule has 27 heavy (non-hydrogen) atoms. The van der Waals surface area contributed by atoms with Crippen LogP contribution in [0.15, 0.2) is 34.7 Å². The van der Waals surface area contributed by atoms with Gasteiger partial charge in [0.25, 0.3) is 11.8 Å². The summed E-state index contributed by atoms with van der Waals surface area (Å²) in [6, 6.07) is 9.06. The van der Waals surface area contributed by atoms with Crippen molar-refractivity contribution < 1.29 is 18.7 Å². The molecule has 2 amide bonds. The van der Waals surface area contributed by atoms with E-state index in [-0.39, 0.29) is 17.9 Å². The number of rotatable bonds is 5. The summed E-state index contributed by atoms with van der Waals surface area (Å²) in [7, 11) is 0. The molecule has 2 heterocycles. The van der Waals surface area contributed by atoms with Crippen molar-refractivity contribution in [2.45, 2.75) is 39.7 Å². The van der Waals surface area contributed by atoms with Gasteiger partial charge in [0.05, 0.1) is 12.2 Å². The van der Waals surface area contributed by atoms with E-state index in [2.05, 4.69) is 5.32 Å². The maximum absolute atomic E-state index is 12.7. The fourth-order valence-electron chi connectivity index (χ4n) is 3.39. The van der Waals surface area contributed by atoms with Crippen LogP contribution in [0.3, 0.4) is 0 Å². The lowest BCUT2D eigenvalue weighted by Gasteiger charge is -2.32. The molecule has 1 N–H and O–H groups in total. The largest absolute Gasteiger partial charge is 0.494 e. The van der Waals surface area contributed by atoms with E-state index in [9.17, 15) is 9.59 Å². The van der Waals surface area contributed by atoms with E-state index in [1.807, 2.05) is 30.9 Å². The highest BCUT2D eigenvalue weighted by atomic mass is 16.5. The molecule has 1 aromatic carbocycles. The minimum absolute atomic E-state index is 0.0177. The fourth-order valence-corrected chi connectivity index (χ4v) is 3.39. The lowest BCUT2D eigenvalue weighted by molar-refractivity contribution is 0.0698. The van der Waals surface area contributed by atoms with Crippen molar-refractivity contribution in [3.63, 3.8) is 0 Å². The quantitative estimate of drug-likeness (QED) is 0.876. The highest BCUT2D eigenvalue weighted by Crippen LogP contribution is 2.18. The lowest BCUT2D eigenvalue weighted by atomic mass is 10.0. The van der Waals surface area contributed by atoms with Gasteiger partial charge in [0, 0.05) is 24.7 Å². The number of ether oxygens (including phenoxy) is 1. The number of furan rings is 1. The average Bonchev–Trinajstić information content (AvgIpc) is 3.01. The Morgan fingerprint density at radius 2 is 1.85 bits per heavy atom. The van der Waals surface area contributed by atoms with Crippen molar-refractivity contribution in [1.29, 1.82) is 0 Å². The Kier molecular flexibility index (Phi) is 5.84. The lowest BCUT2D eigenvalue weighted by Crippen LogP contribution is -2.46. The number of likely N-dealkylation sites (tertiary alicyclic amines) is 1. The predicted molar refractivity (Wildman–Crippen MR) is 102 cm³/mol. The molecule has 6 nitrogen and oxygen atoms in total. The van der Waals surface area contributed by atoms with Crippen molar-refractivity contribution >= 4 is 11.8 Å². The van der Waals surface area contributed by atoms with Gasteiger partial charge in [-0.05, 0) is 63.9 Å². The number of carbonyl (C=O) groups excluding carboxylic acids is 2. The third-order valence-electron chi connectivity index (χ3n) is 4.82. The smallest absolute Gasteiger partial charge is 0.255 e. The number of aryl methyl sites for hydroxylation is 2. The first-order valence-electron chi connectivity index (χ1n) is 9.38. The molecule has 1 aliphatic heterocycles. The molecular formula is C21H26N2O4. The monoisotopic (exact) mass is 370 g/mol. The van der Waals surface area contributed by atoms with Crippen LogP contribution < -0.4 is 10.1 Å². The Bertz CT molecular complexity index is 802. The van der Waals surface area contributed by atoms with Gasteiger partial charge in [-0.15, -0.1) is 0 Å². The third-order valence-corrected chi connectivity index (χ3v) is 4.82. The van der Waals surface area contributed by atoms with Crippen LogP contribution in [0.5, 0.6) is 5.75 Å². The van der Waals surface area contributed by atoms with Crippen LogP contribution in [-0.2, 0) is 0 Å². The van der Waals surface area contributed by atoms with Crippen LogP contribution in [0.2, 0.25) is 0 Å². The molecule has 1 fully saturated rings. The van der Waals surface area contributed by atoms with Crippen molar-refractivity contribution in [2.24, 2.45) is 0 Å². The van der Waals surface area contributed by atoms with E-state index < -0.39 is 0 Å². The third kappa shape index (κ3) is 4.51. The number of nitrogens with one attached hydrogen (secondary N) is 1. The Morgan fingerprint density at radius 1 is 1.19 bits per heavy atom. The van der Waals surface area contributed by atoms with Crippen LogP contribution in [0.1, 0.15) is 52.0 Å². The molecule has 0 atom stereocenters. The van der Waals surface area contributed by atoms with Crippen LogP contribution in [-0.4, -0.2) is 42.5 Å². The van der Waals surface area contributed by atoms with Gasteiger partial charge in [-0.25, -0.2) is 0 Å². The highest BCUT2D eigenvalue weighted by molar-refractivity contribution is 5.96. The van der Waals surface area contributed by atoms with Gasteiger partial charge in [-0.3, -0.25) is 9.59 Å². The Morgan fingerprint density at radius 3 is 2.41 bits per heavy atom. The average molecular weight is 370 g/mol. The van der Waals surface area contributed by atoms with E-state index in [4.69, 9.17) is 9.15 Å². The topological polar surface area (TPSA) is 71.8 Å². The van der Waals surface area contributed by atoms with E-state index in [1.54, 1.807) is 25.1 Å². The summed E-state index contributed by atoms with van der Waals surface area (Å²) >= 11 is 0. The van der Waals surface area contributed by atoms with Crippen molar-refractivity contribution in [3.8, 4) is 5.75 Å². The van der Waals surface area contributed by atoms with Crippen LogP contribution >= 0.6 is 0 Å². The van der Waals surface area contributed by atoms with E-state index >= 15 is 0 Å². The Balaban J connectivity index is 1.53. The summed E-state index contributed by atoms with van der Waals surface area (Å²) in [5.41, 5.74) is 1.24. The summed E-state index contributed by atoms with van der Waals surface area (Å²) in [4.78, 5) is 26.9. The van der Waals surface area contributed by atoms with Gasteiger partial charge in [0.1, 0.15) is 17.3 Å². The molecule has 144 valence electrons. The second-order valence-corrected chi connectivity index (χ2v) is 6.82. The zero-order valence-corrected chi connectivity index (χ0v) is 16.1. The second-order valence-electron chi connectivity index (χ2n) is 6.82. The zero-order chi connectivity index (χ0) is 19.4. The molecule has 1 aromatic heterocycles. The predicted octanol–water partition coefficient (Wildman–Crippen LogP) is 3.33. The van der Waals surface area contributed by atoms with Gasteiger partial charge in [-0.1, -0.05) is 0 Å². The summed E-state index contributed by atoms with van der Waals surface area (Å²) in [6.07, 6.45) is 1.48. The second kappa shape index (κ2) is 8.29. The molecule has 0 bridgehead atoms. The minimum atomic E-state index is -0.111. The van der Waals surface area contributed by atoms with Crippen molar-refractivity contribution in [1.82, 2.24) is 10.2 Å². The van der Waals surface area contributed by atoms with Gasteiger partial charge < -0.3 is 19.4 Å². The number of amides is 2. The van der Waals surface area contributed by atoms with Gasteiger partial charge in [0.2, 0.25) is 0 Å².